The normalized spacial score (nSPS) is 13.0. The number of sulfonamides is 1. The molecule has 0 aliphatic heterocycles. The van der Waals surface area contributed by atoms with E-state index >= 15 is 0 Å². The van der Waals surface area contributed by atoms with Crippen LogP contribution >= 0.6 is 11.6 Å². The van der Waals surface area contributed by atoms with E-state index in [0.29, 0.717) is 11.1 Å². The topological polar surface area (TPSA) is 78.5 Å². The van der Waals surface area contributed by atoms with E-state index in [1.54, 1.807) is 38.9 Å². The minimum Gasteiger partial charge on any atom is -0.350 e. The molecule has 0 saturated heterocycles. The van der Waals surface area contributed by atoms with Gasteiger partial charge in [0.25, 0.3) is 5.91 Å². The number of hydrogen-bond acceptors (Lipinski definition) is 4. The molecule has 29 heavy (non-hydrogen) atoms. The molecule has 0 spiro atoms. The fourth-order valence-corrected chi connectivity index (χ4v) is 4.37. The van der Waals surface area contributed by atoms with Crippen molar-refractivity contribution < 1.29 is 17.6 Å². The predicted molar refractivity (Wildman–Crippen MR) is 112 cm³/mol. The van der Waals surface area contributed by atoms with E-state index in [1.165, 1.54) is 36.4 Å². The Bertz CT molecular complexity index is 943. The number of benzene rings is 2. The van der Waals surface area contributed by atoms with Gasteiger partial charge in [0, 0.05) is 28.7 Å². The highest BCUT2D eigenvalue weighted by Gasteiger charge is 2.22. The number of halogens is 2. The van der Waals surface area contributed by atoms with Crippen molar-refractivity contribution in [3.63, 3.8) is 0 Å². The minimum atomic E-state index is -3.63. The highest BCUT2D eigenvalue weighted by molar-refractivity contribution is 7.89. The second-order valence-corrected chi connectivity index (χ2v) is 9.25. The molecule has 0 aromatic heterocycles. The fourth-order valence-electron chi connectivity index (χ4n) is 2.83. The van der Waals surface area contributed by atoms with Crippen LogP contribution in [0.3, 0.4) is 0 Å². The Balaban J connectivity index is 2.13. The van der Waals surface area contributed by atoms with Gasteiger partial charge in [-0.25, -0.2) is 17.5 Å². The van der Waals surface area contributed by atoms with E-state index in [9.17, 15) is 17.6 Å². The van der Waals surface area contributed by atoms with Crippen LogP contribution in [0.1, 0.15) is 35.8 Å². The lowest BCUT2D eigenvalue weighted by Gasteiger charge is -2.26. The molecule has 158 valence electrons. The van der Waals surface area contributed by atoms with Crippen molar-refractivity contribution in [1.29, 1.82) is 0 Å². The van der Waals surface area contributed by atoms with Gasteiger partial charge in [-0.3, -0.25) is 4.79 Å². The number of amides is 1. The zero-order valence-electron chi connectivity index (χ0n) is 16.7. The standard InChI is InChI=1S/C20H25ClFN3O3S/c1-13(2)24-29(27,28)15-10-8-14(9-11-15)20(26)23-12-18(25(3)4)19-16(21)6-5-7-17(19)22/h5-11,13,18,24H,12H2,1-4H3,(H,23,26). The maximum Gasteiger partial charge on any atom is 0.251 e. The summed E-state index contributed by atoms with van der Waals surface area (Å²) >= 11 is 6.15. The van der Waals surface area contributed by atoms with Gasteiger partial charge in [-0.2, -0.15) is 0 Å². The molecule has 1 amide bonds. The Morgan fingerprint density at radius 1 is 1.14 bits per heavy atom. The van der Waals surface area contributed by atoms with Gasteiger partial charge in [0.2, 0.25) is 10.0 Å². The molecule has 0 aliphatic carbocycles. The summed E-state index contributed by atoms with van der Waals surface area (Å²) in [6.07, 6.45) is 0. The Morgan fingerprint density at radius 2 is 1.76 bits per heavy atom. The minimum absolute atomic E-state index is 0.0760. The van der Waals surface area contributed by atoms with Crippen molar-refractivity contribution in [1.82, 2.24) is 14.9 Å². The Labute approximate surface area is 176 Å². The summed E-state index contributed by atoms with van der Waals surface area (Å²) in [6.45, 7) is 3.58. The lowest BCUT2D eigenvalue weighted by Crippen LogP contribution is -2.35. The SMILES string of the molecule is CC(C)NS(=O)(=O)c1ccc(C(=O)NCC(c2c(F)cccc2Cl)N(C)C)cc1. The average Bonchev–Trinajstić information content (AvgIpc) is 2.62. The first-order valence-corrected chi connectivity index (χ1v) is 10.9. The fraction of sp³-hybridized carbons (Fsp3) is 0.350. The third kappa shape index (κ3) is 5.99. The van der Waals surface area contributed by atoms with Crippen LogP contribution in [0.2, 0.25) is 5.02 Å². The number of carbonyl (C=O) groups is 1. The summed E-state index contributed by atoms with van der Waals surface area (Å²) in [6, 6.07) is 9.35. The molecule has 1 unspecified atom stereocenters. The number of nitrogens with one attached hydrogen (secondary N) is 2. The molecule has 2 aromatic carbocycles. The van der Waals surface area contributed by atoms with Crippen molar-refractivity contribution >= 4 is 27.5 Å². The van der Waals surface area contributed by atoms with Crippen molar-refractivity contribution in [3.8, 4) is 0 Å². The third-order valence-electron chi connectivity index (χ3n) is 4.23. The lowest BCUT2D eigenvalue weighted by atomic mass is 10.0. The van der Waals surface area contributed by atoms with Crippen LogP contribution in [0.4, 0.5) is 4.39 Å². The average molecular weight is 442 g/mol. The van der Waals surface area contributed by atoms with Gasteiger partial charge < -0.3 is 10.2 Å². The van der Waals surface area contributed by atoms with Crippen LogP contribution in [-0.2, 0) is 10.0 Å². The smallest absolute Gasteiger partial charge is 0.251 e. The second-order valence-electron chi connectivity index (χ2n) is 7.13. The summed E-state index contributed by atoms with van der Waals surface area (Å²) in [5, 5.41) is 3.04. The number of hydrogen-bond donors (Lipinski definition) is 2. The summed E-state index contributed by atoms with van der Waals surface area (Å²) in [5.41, 5.74) is 0.603. The van der Waals surface area contributed by atoms with Crippen molar-refractivity contribution in [3.05, 3.63) is 64.4 Å². The number of rotatable bonds is 8. The Hall–Kier alpha value is -2.00. The number of nitrogens with zero attached hydrogens (tertiary/aromatic N) is 1. The molecular formula is C20H25ClFN3O3S. The highest BCUT2D eigenvalue weighted by atomic mass is 35.5. The van der Waals surface area contributed by atoms with Gasteiger partial charge >= 0.3 is 0 Å². The van der Waals surface area contributed by atoms with Crippen molar-refractivity contribution in [2.24, 2.45) is 0 Å². The molecule has 9 heteroatoms. The van der Waals surface area contributed by atoms with Crippen molar-refractivity contribution in [2.45, 2.75) is 30.8 Å². The Kier molecular flexibility index (Phi) is 7.76. The molecule has 2 aromatic rings. The van der Waals surface area contributed by atoms with Gasteiger partial charge in [0.1, 0.15) is 5.82 Å². The van der Waals surface area contributed by atoms with E-state index in [2.05, 4.69) is 10.0 Å². The molecule has 0 saturated carbocycles. The zero-order chi connectivity index (χ0) is 21.8. The van der Waals surface area contributed by atoms with Gasteiger partial charge in [0.15, 0.2) is 0 Å². The largest absolute Gasteiger partial charge is 0.350 e. The van der Waals surface area contributed by atoms with E-state index < -0.39 is 27.8 Å². The maximum absolute atomic E-state index is 14.3. The molecule has 0 heterocycles. The van der Waals surface area contributed by atoms with E-state index in [4.69, 9.17) is 11.6 Å². The van der Waals surface area contributed by atoms with Crippen molar-refractivity contribution in [2.75, 3.05) is 20.6 Å². The third-order valence-corrected chi connectivity index (χ3v) is 6.23. The highest BCUT2D eigenvalue weighted by Crippen LogP contribution is 2.28. The molecule has 6 nitrogen and oxygen atoms in total. The first kappa shape index (κ1) is 23.3. The molecule has 0 aliphatic rings. The van der Waals surface area contributed by atoms with Gasteiger partial charge in [-0.15, -0.1) is 0 Å². The second kappa shape index (κ2) is 9.67. The lowest BCUT2D eigenvalue weighted by molar-refractivity contribution is 0.0941. The molecule has 1 atom stereocenters. The predicted octanol–water partition coefficient (Wildman–Crippen LogP) is 3.20. The van der Waals surface area contributed by atoms with Crippen LogP contribution in [0.5, 0.6) is 0 Å². The van der Waals surface area contributed by atoms with Gasteiger partial charge in [-0.1, -0.05) is 17.7 Å². The summed E-state index contributed by atoms with van der Waals surface area (Å²) in [5.74, 6) is -0.845. The van der Waals surface area contributed by atoms with Gasteiger partial charge in [-0.05, 0) is 64.3 Å². The van der Waals surface area contributed by atoms with E-state index in [1.807, 2.05) is 0 Å². The quantitative estimate of drug-likeness (QED) is 0.659. The summed E-state index contributed by atoms with van der Waals surface area (Å²) < 4.78 is 41.1. The molecular weight excluding hydrogens is 417 g/mol. The maximum atomic E-state index is 14.3. The first-order chi connectivity index (χ1) is 13.5. The van der Waals surface area contributed by atoms with E-state index in [-0.39, 0.29) is 22.5 Å². The molecule has 2 rings (SSSR count). The van der Waals surface area contributed by atoms with Crippen LogP contribution < -0.4 is 10.0 Å². The molecule has 2 N–H and O–H groups in total. The van der Waals surface area contributed by atoms with Crippen LogP contribution in [0.15, 0.2) is 47.4 Å². The Morgan fingerprint density at radius 3 is 2.28 bits per heavy atom. The zero-order valence-corrected chi connectivity index (χ0v) is 18.3. The van der Waals surface area contributed by atoms with Crippen LogP contribution in [0, 0.1) is 5.82 Å². The number of carbonyl (C=O) groups excluding carboxylic acids is 1. The van der Waals surface area contributed by atoms with E-state index in [0.717, 1.165) is 0 Å². The first-order valence-electron chi connectivity index (χ1n) is 9.04. The van der Waals surface area contributed by atoms with Crippen LogP contribution in [-0.4, -0.2) is 45.9 Å². The van der Waals surface area contributed by atoms with Gasteiger partial charge in [0.05, 0.1) is 10.9 Å². The monoisotopic (exact) mass is 441 g/mol. The molecule has 0 fully saturated rings. The molecule has 0 radical (unpaired) electrons. The summed E-state index contributed by atoms with van der Waals surface area (Å²) in [7, 11) is -0.0995. The van der Waals surface area contributed by atoms with Crippen LogP contribution in [0.25, 0.3) is 0 Å². The number of likely N-dealkylation sites (N-methyl/N-ethyl adjacent to an activating group) is 1. The summed E-state index contributed by atoms with van der Waals surface area (Å²) in [4.78, 5) is 14.3. The molecule has 0 bridgehead atoms.